The van der Waals surface area contributed by atoms with Crippen LogP contribution in [-0.2, 0) is 0 Å². The van der Waals surface area contributed by atoms with Gasteiger partial charge >= 0.3 is 0 Å². The molecule has 0 spiro atoms. The second-order valence-corrected chi connectivity index (χ2v) is 2.80. The summed E-state index contributed by atoms with van der Waals surface area (Å²) in [6.45, 7) is 1.72. The number of nitrogens with zero attached hydrogens (tertiary/aromatic N) is 1. The lowest BCUT2D eigenvalue weighted by Gasteiger charge is -2.28. The van der Waals surface area contributed by atoms with E-state index in [2.05, 4.69) is 11.4 Å². The molecule has 56 valence electrons. The number of rotatable bonds is 1. The van der Waals surface area contributed by atoms with Gasteiger partial charge in [0.2, 0.25) is 0 Å². The van der Waals surface area contributed by atoms with Gasteiger partial charge in [-0.3, -0.25) is 0 Å². The van der Waals surface area contributed by atoms with E-state index in [0.717, 1.165) is 25.9 Å². The SMILES string of the molecule is N#CC1(CO)CCNCC1. The van der Waals surface area contributed by atoms with Crippen molar-refractivity contribution in [1.29, 1.82) is 5.26 Å². The summed E-state index contributed by atoms with van der Waals surface area (Å²) in [7, 11) is 0. The highest BCUT2D eigenvalue weighted by atomic mass is 16.3. The van der Waals surface area contributed by atoms with Crippen molar-refractivity contribution in [2.75, 3.05) is 19.7 Å². The van der Waals surface area contributed by atoms with Gasteiger partial charge in [0, 0.05) is 0 Å². The van der Waals surface area contributed by atoms with Crippen LogP contribution < -0.4 is 5.32 Å². The molecule has 3 heteroatoms. The highest BCUT2D eigenvalue weighted by molar-refractivity contribution is 5.01. The molecule has 1 aliphatic heterocycles. The van der Waals surface area contributed by atoms with E-state index in [0.29, 0.717) is 0 Å². The largest absolute Gasteiger partial charge is 0.395 e. The number of piperidine rings is 1. The van der Waals surface area contributed by atoms with Crippen LogP contribution in [0.5, 0.6) is 0 Å². The van der Waals surface area contributed by atoms with E-state index in [1.807, 2.05) is 0 Å². The fourth-order valence-corrected chi connectivity index (χ4v) is 1.21. The third kappa shape index (κ3) is 1.28. The molecule has 1 saturated heterocycles. The summed E-state index contributed by atoms with van der Waals surface area (Å²) in [6.07, 6.45) is 1.56. The normalized spacial score (nSPS) is 23.6. The predicted molar refractivity (Wildman–Crippen MR) is 37.2 cm³/mol. The standard InChI is InChI=1S/C7H12N2O/c8-5-7(6-10)1-3-9-4-2-7/h9-10H,1-4,6H2. The van der Waals surface area contributed by atoms with Crippen molar-refractivity contribution in [3.8, 4) is 6.07 Å². The number of nitrogens with one attached hydrogen (secondary N) is 1. The van der Waals surface area contributed by atoms with Gasteiger partial charge in [0.1, 0.15) is 0 Å². The van der Waals surface area contributed by atoms with E-state index >= 15 is 0 Å². The first kappa shape index (κ1) is 7.52. The summed E-state index contributed by atoms with van der Waals surface area (Å²) in [5.74, 6) is 0. The number of aliphatic hydroxyl groups excluding tert-OH is 1. The van der Waals surface area contributed by atoms with Crippen molar-refractivity contribution in [2.24, 2.45) is 5.41 Å². The van der Waals surface area contributed by atoms with Crippen LogP contribution in [0.3, 0.4) is 0 Å². The summed E-state index contributed by atoms with van der Waals surface area (Å²) >= 11 is 0. The van der Waals surface area contributed by atoms with Crippen molar-refractivity contribution in [3.63, 3.8) is 0 Å². The Bertz CT molecular complexity index is 144. The minimum Gasteiger partial charge on any atom is -0.395 e. The molecule has 0 bridgehead atoms. The Morgan fingerprint density at radius 2 is 2.10 bits per heavy atom. The molecule has 1 rings (SSSR count). The molecule has 0 aromatic rings. The molecule has 0 unspecified atom stereocenters. The summed E-state index contributed by atoms with van der Waals surface area (Å²) in [4.78, 5) is 0. The van der Waals surface area contributed by atoms with Crippen molar-refractivity contribution >= 4 is 0 Å². The average Bonchev–Trinajstić information content (AvgIpc) is 2.06. The molecule has 0 radical (unpaired) electrons. The smallest absolute Gasteiger partial charge is 0.0828 e. The van der Waals surface area contributed by atoms with Crippen LogP contribution in [0.15, 0.2) is 0 Å². The molecule has 0 aromatic heterocycles. The van der Waals surface area contributed by atoms with Gasteiger partial charge in [-0.2, -0.15) is 5.26 Å². The molecule has 3 nitrogen and oxygen atoms in total. The topological polar surface area (TPSA) is 56.0 Å². The van der Waals surface area contributed by atoms with Gasteiger partial charge in [0.15, 0.2) is 0 Å². The van der Waals surface area contributed by atoms with Crippen molar-refractivity contribution in [1.82, 2.24) is 5.32 Å². The number of nitriles is 1. The molecule has 0 amide bonds. The molecule has 10 heavy (non-hydrogen) atoms. The van der Waals surface area contributed by atoms with Gasteiger partial charge in [0.05, 0.1) is 18.1 Å². The maximum atomic E-state index is 8.89. The molecule has 0 saturated carbocycles. The molecule has 0 aliphatic carbocycles. The maximum absolute atomic E-state index is 8.89. The van der Waals surface area contributed by atoms with Gasteiger partial charge in [-0.1, -0.05) is 0 Å². The Hall–Kier alpha value is -0.590. The van der Waals surface area contributed by atoms with E-state index in [4.69, 9.17) is 10.4 Å². The van der Waals surface area contributed by atoms with Crippen LogP contribution >= 0.6 is 0 Å². The maximum Gasteiger partial charge on any atom is 0.0828 e. The van der Waals surface area contributed by atoms with Crippen LogP contribution in [0, 0.1) is 16.7 Å². The van der Waals surface area contributed by atoms with Crippen molar-refractivity contribution in [3.05, 3.63) is 0 Å². The molecule has 1 heterocycles. The molecule has 1 fully saturated rings. The first-order chi connectivity index (χ1) is 4.83. The average molecular weight is 140 g/mol. The minimum atomic E-state index is -0.439. The second-order valence-electron chi connectivity index (χ2n) is 2.80. The Balaban J connectivity index is 2.55. The Morgan fingerprint density at radius 1 is 1.50 bits per heavy atom. The van der Waals surface area contributed by atoms with E-state index in [9.17, 15) is 0 Å². The fourth-order valence-electron chi connectivity index (χ4n) is 1.21. The van der Waals surface area contributed by atoms with Crippen LogP contribution in [0.4, 0.5) is 0 Å². The third-order valence-electron chi connectivity index (χ3n) is 2.10. The first-order valence-electron chi connectivity index (χ1n) is 3.56. The number of hydrogen-bond donors (Lipinski definition) is 2. The predicted octanol–water partition coefficient (Wildman–Crippen LogP) is -0.128. The van der Waals surface area contributed by atoms with Gasteiger partial charge in [-0.15, -0.1) is 0 Å². The van der Waals surface area contributed by atoms with Crippen LogP contribution in [0.2, 0.25) is 0 Å². The van der Waals surface area contributed by atoms with Gasteiger partial charge in [0.25, 0.3) is 0 Å². The first-order valence-corrected chi connectivity index (χ1v) is 3.56. The Kier molecular flexibility index (Phi) is 2.25. The minimum absolute atomic E-state index is 0.00514. The zero-order valence-corrected chi connectivity index (χ0v) is 5.93. The van der Waals surface area contributed by atoms with E-state index in [-0.39, 0.29) is 6.61 Å². The molecule has 1 aliphatic rings. The summed E-state index contributed by atoms with van der Waals surface area (Å²) in [5.41, 5.74) is -0.439. The monoisotopic (exact) mass is 140 g/mol. The molecule has 2 N–H and O–H groups in total. The van der Waals surface area contributed by atoms with Gasteiger partial charge < -0.3 is 10.4 Å². The summed E-state index contributed by atoms with van der Waals surface area (Å²) in [5, 5.41) is 20.7. The highest BCUT2D eigenvalue weighted by Gasteiger charge is 2.30. The van der Waals surface area contributed by atoms with Crippen LogP contribution in [-0.4, -0.2) is 24.8 Å². The van der Waals surface area contributed by atoms with Gasteiger partial charge in [-0.25, -0.2) is 0 Å². The highest BCUT2D eigenvalue weighted by Crippen LogP contribution is 2.26. The number of hydrogen-bond acceptors (Lipinski definition) is 3. The van der Waals surface area contributed by atoms with Gasteiger partial charge in [-0.05, 0) is 25.9 Å². The number of aliphatic hydroxyl groups is 1. The summed E-state index contributed by atoms with van der Waals surface area (Å²) < 4.78 is 0. The van der Waals surface area contributed by atoms with Crippen LogP contribution in [0.1, 0.15) is 12.8 Å². The van der Waals surface area contributed by atoms with Crippen LogP contribution in [0.25, 0.3) is 0 Å². The van der Waals surface area contributed by atoms with E-state index in [1.54, 1.807) is 0 Å². The Labute approximate surface area is 60.7 Å². The Morgan fingerprint density at radius 3 is 2.40 bits per heavy atom. The lowest BCUT2D eigenvalue weighted by molar-refractivity contribution is 0.140. The van der Waals surface area contributed by atoms with E-state index in [1.165, 1.54) is 0 Å². The zero-order valence-electron chi connectivity index (χ0n) is 5.93. The zero-order chi connectivity index (χ0) is 7.45. The lowest BCUT2D eigenvalue weighted by atomic mass is 9.81. The molecular formula is C7H12N2O. The molecular weight excluding hydrogens is 128 g/mol. The van der Waals surface area contributed by atoms with E-state index < -0.39 is 5.41 Å². The molecule has 0 atom stereocenters. The van der Waals surface area contributed by atoms with Crippen molar-refractivity contribution < 1.29 is 5.11 Å². The van der Waals surface area contributed by atoms with Crippen molar-refractivity contribution in [2.45, 2.75) is 12.8 Å². The lowest BCUT2D eigenvalue weighted by Crippen LogP contribution is -2.38. The fraction of sp³-hybridized carbons (Fsp3) is 0.857. The molecule has 0 aromatic carbocycles. The quantitative estimate of drug-likeness (QED) is 0.533. The third-order valence-corrected chi connectivity index (χ3v) is 2.10. The second kappa shape index (κ2) is 3.00. The summed E-state index contributed by atoms with van der Waals surface area (Å²) in [6, 6.07) is 2.18.